The lowest BCUT2D eigenvalue weighted by molar-refractivity contribution is -0.117. The van der Waals surface area contributed by atoms with Crippen molar-refractivity contribution >= 4 is 34.6 Å². The summed E-state index contributed by atoms with van der Waals surface area (Å²) in [6, 6.07) is 17.6. The number of thioether (sulfide) groups is 1. The summed E-state index contributed by atoms with van der Waals surface area (Å²) in [6.45, 7) is 0. The zero-order chi connectivity index (χ0) is 22.3. The number of pyridine rings is 1. The van der Waals surface area contributed by atoms with Gasteiger partial charge in [0, 0.05) is 17.5 Å². The van der Waals surface area contributed by atoms with Gasteiger partial charge in [-0.1, -0.05) is 61.4 Å². The van der Waals surface area contributed by atoms with E-state index >= 15 is 0 Å². The monoisotopic (exact) mass is 449 g/mol. The Labute approximate surface area is 192 Å². The molecule has 6 nitrogen and oxygen atoms in total. The lowest BCUT2D eigenvalue weighted by Gasteiger charge is -2.22. The van der Waals surface area contributed by atoms with E-state index in [0.29, 0.717) is 5.03 Å². The molecule has 1 fully saturated rings. The number of imide groups is 1. The number of carbonyl (C=O) groups is 2. The topological polar surface area (TPSA) is 80.3 Å². The number of nitrogens with zero attached hydrogens (tertiary/aromatic N) is 1. The molecule has 1 saturated carbocycles. The Balaban J connectivity index is 1.47. The first-order valence-electron chi connectivity index (χ1n) is 10.9. The number of hydrogen-bond donors (Lipinski definition) is 2. The molecule has 1 aliphatic rings. The van der Waals surface area contributed by atoms with Crippen LogP contribution in [0.1, 0.15) is 32.1 Å². The van der Waals surface area contributed by atoms with E-state index in [1.165, 1.54) is 18.2 Å². The van der Waals surface area contributed by atoms with Gasteiger partial charge in [-0.2, -0.15) is 0 Å². The second-order valence-corrected chi connectivity index (χ2v) is 8.90. The zero-order valence-corrected chi connectivity index (χ0v) is 18.9. The molecule has 1 heterocycles. The molecule has 4 rings (SSSR count). The number of urea groups is 1. The maximum atomic E-state index is 12.3. The summed E-state index contributed by atoms with van der Waals surface area (Å²) in [6.07, 6.45) is 5.41. The van der Waals surface area contributed by atoms with Crippen LogP contribution in [-0.2, 0) is 4.79 Å². The van der Waals surface area contributed by atoms with Crippen LogP contribution in [0, 0.1) is 0 Å². The molecule has 3 amide bonds. The number of rotatable bonds is 6. The van der Waals surface area contributed by atoms with Gasteiger partial charge in [0.1, 0.15) is 5.75 Å². The quantitative estimate of drug-likeness (QED) is 0.508. The van der Waals surface area contributed by atoms with Crippen LogP contribution in [0.15, 0.2) is 59.6 Å². The van der Waals surface area contributed by atoms with Crippen molar-refractivity contribution in [1.82, 2.24) is 15.6 Å². The number of hydrogen-bond acceptors (Lipinski definition) is 5. The number of benzene rings is 2. The Morgan fingerprint density at radius 3 is 2.59 bits per heavy atom. The molecule has 1 aromatic heterocycles. The third kappa shape index (κ3) is 5.59. The van der Waals surface area contributed by atoms with E-state index in [-0.39, 0.29) is 17.7 Å². The molecule has 0 saturated heterocycles. The number of fused-ring (bicyclic) bond motifs is 1. The highest BCUT2D eigenvalue weighted by molar-refractivity contribution is 7.99. The van der Waals surface area contributed by atoms with Crippen LogP contribution in [0.3, 0.4) is 0 Å². The average molecular weight is 450 g/mol. The molecular weight excluding hydrogens is 422 g/mol. The number of aromatic nitrogens is 1. The normalized spacial score (nSPS) is 14.2. The molecule has 0 spiro atoms. The van der Waals surface area contributed by atoms with Gasteiger partial charge in [-0.15, -0.1) is 0 Å². The molecule has 7 heteroatoms. The van der Waals surface area contributed by atoms with Crippen LogP contribution in [-0.4, -0.2) is 35.8 Å². The maximum Gasteiger partial charge on any atom is 0.321 e. The predicted molar refractivity (Wildman–Crippen MR) is 128 cm³/mol. The minimum atomic E-state index is -0.413. The highest BCUT2D eigenvalue weighted by Gasteiger charge is 2.17. The van der Waals surface area contributed by atoms with Gasteiger partial charge in [0.05, 0.1) is 23.4 Å². The lowest BCUT2D eigenvalue weighted by Crippen LogP contribution is -2.45. The first kappa shape index (κ1) is 22.1. The van der Waals surface area contributed by atoms with Crippen molar-refractivity contribution in [2.75, 3.05) is 12.9 Å². The molecule has 2 N–H and O–H groups in total. The molecule has 32 heavy (non-hydrogen) atoms. The molecule has 0 aliphatic heterocycles. The fourth-order valence-corrected chi connectivity index (χ4v) is 4.73. The van der Waals surface area contributed by atoms with Crippen molar-refractivity contribution in [3.63, 3.8) is 0 Å². The minimum absolute atomic E-state index is 0.106. The number of methoxy groups -OCH3 is 1. The van der Waals surface area contributed by atoms with Crippen LogP contribution in [0.4, 0.5) is 4.79 Å². The smallest absolute Gasteiger partial charge is 0.321 e. The Bertz CT molecular complexity index is 1100. The Morgan fingerprint density at radius 2 is 1.84 bits per heavy atom. The summed E-state index contributed by atoms with van der Waals surface area (Å²) in [4.78, 5) is 29.2. The lowest BCUT2D eigenvalue weighted by atomic mass is 9.96. The third-order valence-electron chi connectivity index (χ3n) is 5.62. The summed E-state index contributed by atoms with van der Waals surface area (Å²) in [5.41, 5.74) is 2.91. The molecule has 2 aromatic carbocycles. The standard InChI is InChI=1S/C25H27N3O3S/c1-31-19-12-13-20-21(17-8-4-2-5-9-17)15-24(27-22(20)14-19)32-16-23(29)28-25(30)26-18-10-6-3-7-11-18/h2,4-5,8-9,12-15,18H,3,6-7,10-11,16H2,1H3,(H2,26,28,29,30). The first-order chi connectivity index (χ1) is 15.6. The SMILES string of the molecule is COc1ccc2c(-c3ccccc3)cc(SCC(=O)NC(=O)NC3CCCCC3)nc2c1. The van der Waals surface area contributed by atoms with Crippen LogP contribution in [0.2, 0.25) is 0 Å². The van der Waals surface area contributed by atoms with E-state index in [1.54, 1.807) is 7.11 Å². The highest BCUT2D eigenvalue weighted by Crippen LogP contribution is 2.33. The highest BCUT2D eigenvalue weighted by atomic mass is 32.2. The minimum Gasteiger partial charge on any atom is -0.497 e. The second-order valence-electron chi connectivity index (χ2n) is 7.90. The Hall–Kier alpha value is -3.06. The molecule has 0 unspecified atom stereocenters. The molecule has 0 bridgehead atoms. The van der Waals surface area contributed by atoms with Crippen LogP contribution in [0.25, 0.3) is 22.0 Å². The van der Waals surface area contributed by atoms with E-state index in [2.05, 4.69) is 22.8 Å². The number of carbonyl (C=O) groups excluding carboxylic acids is 2. The van der Waals surface area contributed by atoms with E-state index in [0.717, 1.165) is 53.5 Å². The fraction of sp³-hybridized carbons (Fsp3) is 0.320. The van der Waals surface area contributed by atoms with Gasteiger partial charge < -0.3 is 10.1 Å². The number of amides is 3. The van der Waals surface area contributed by atoms with Crippen LogP contribution in [0.5, 0.6) is 5.75 Å². The van der Waals surface area contributed by atoms with E-state index in [1.807, 2.05) is 42.5 Å². The summed E-state index contributed by atoms with van der Waals surface area (Å²) in [5, 5.41) is 7.07. The zero-order valence-electron chi connectivity index (χ0n) is 18.1. The predicted octanol–water partition coefficient (Wildman–Crippen LogP) is 5.16. The van der Waals surface area contributed by atoms with Gasteiger partial charge in [-0.25, -0.2) is 9.78 Å². The summed E-state index contributed by atoms with van der Waals surface area (Å²) in [7, 11) is 1.63. The number of nitrogens with one attached hydrogen (secondary N) is 2. The van der Waals surface area contributed by atoms with Gasteiger partial charge in [-0.05, 0) is 42.2 Å². The maximum absolute atomic E-state index is 12.3. The van der Waals surface area contributed by atoms with Crippen LogP contribution >= 0.6 is 11.8 Å². The Morgan fingerprint density at radius 1 is 1.06 bits per heavy atom. The van der Waals surface area contributed by atoms with Crippen molar-refractivity contribution in [1.29, 1.82) is 0 Å². The van der Waals surface area contributed by atoms with Crippen molar-refractivity contribution in [3.05, 3.63) is 54.6 Å². The van der Waals surface area contributed by atoms with Gasteiger partial charge in [0.2, 0.25) is 5.91 Å². The van der Waals surface area contributed by atoms with Crippen molar-refractivity contribution < 1.29 is 14.3 Å². The molecule has 0 atom stereocenters. The molecule has 3 aromatic rings. The molecule has 0 radical (unpaired) electrons. The summed E-state index contributed by atoms with van der Waals surface area (Å²) in [5.74, 6) is 0.495. The van der Waals surface area contributed by atoms with Crippen molar-refractivity contribution in [2.45, 2.75) is 43.2 Å². The first-order valence-corrected chi connectivity index (χ1v) is 11.9. The van der Waals surface area contributed by atoms with Crippen LogP contribution < -0.4 is 15.4 Å². The third-order valence-corrected chi connectivity index (χ3v) is 6.53. The van der Waals surface area contributed by atoms with Gasteiger partial charge >= 0.3 is 6.03 Å². The molecule has 166 valence electrons. The van der Waals surface area contributed by atoms with Crippen molar-refractivity contribution in [3.8, 4) is 16.9 Å². The van der Waals surface area contributed by atoms with Gasteiger partial charge in [0.25, 0.3) is 0 Å². The van der Waals surface area contributed by atoms with E-state index < -0.39 is 6.03 Å². The second kappa shape index (κ2) is 10.5. The van der Waals surface area contributed by atoms with E-state index in [4.69, 9.17) is 9.72 Å². The Kier molecular flexibility index (Phi) is 7.27. The van der Waals surface area contributed by atoms with Gasteiger partial charge in [0.15, 0.2) is 0 Å². The molecular formula is C25H27N3O3S. The average Bonchev–Trinajstić information content (AvgIpc) is 2.83. The van der Waals surface area contributed by atoms with E-state index in [9.17, 15) is 9.59 Å². The van der Waals surface area contributed by atoms with Gasteiger partial charge in [-0.3, -0.25) is 10.1 Å². The van der Waals surface area contributed by atoms with Crippen molar-refractivity contribution in [2.24, 2.45) is 0 Å². The number of ether oxygens (including phenoxy) is 1. The molecule has 1 aliphatic carbocycles. The summed E-state index contributed by atoms with van der Waals surface area (Å²) >= 11 is 1.31. The fourth-order valence-electron chi connectivity index (χ4n) is 4.01. The largest absolute Gasteiger partial charge is 0.497 e. The summed E-state index contributed by atoms with van der Waals surface area (Å²) < 4.78 is 5.36.